The van der Waals surface area contributed by atoms with Crippen LogP contribution in [0.1, 0.15) is 39.5 Å². The average Bonchev–Trinajstić information content (AvgIpc) is 1.91. The molecule has 70 valence electrons. The van der Waals surface area contributed by atoms with E-state index in [0.29, 0.717) is 16.6 Å². The van der Waals surface area contributed by atoms with Crippen molar-refractivity contribution in [1.29, 1.82) is 0 Å². The van der Waals surface area contributed by atoms with Crippen LogP contribution in [-0.4, -0.2) is 5.78 Å². The highest BCUT2D eigenvalue weighted by Gasteiger charge is 2.93. The van der Waals surface area contributed by atoms with Crippen molar-refractivity contribution >= 4 is 5.78 Å². The van der Waals surface area contributed by atoms with E-state index in [2.05, 4.69) is 6.92 Å². The van der Waals surface area contributed by atoms with Crippen LogP contribution in [0.25, 0.3) is 0 Å². The summed E-state index contributed by atoms with van der Waals surface area (Å²) in [5.41, 5.74) is 1.36. The van der Waals surface area contributed by atoms with Crippen molar-refractivity contribution in [2.24, 2.45) is 28.1 Å². The topological polar surface area (TPSA) is 17.1 Å². The second-order valence-corrected chi connectivity index (χ2v) is 6.28. The molecule has 5 atom stereocenters. The molecule has 0 saturated heterocycles. The first kappa shape index (κ1) is 7.03. The molecule has 4 unspecified atom stereocenters. The smallest absolute Gasteiger partial charge is 0.136 e. The van der Waals surface area contributed by atoms with Gasteiger partial charge in [-0.1, -0.05) is 6.92 Å². The Morgan fingerprint density at radius 3 is 2.38 bits per heavy atom. The first-order chi connectivity index (χ1) is 6.07. The normalized spacial score (nSPS) is 70.3. The molecule has 4 saturated carbocycles. The molecule has 0 N–H and O–H groups in total. The van der Waals surface area contributed by atoms with E-state index in [1.165, 1.54) is 25.7 Å². The van der Waals surface area contributed by atoms with Gasteiger partial charge in [-0.3, -0.25) is 4.79 Å². The molecule has 1 heteroatoms. The molecule has 4 aliphatic carbocycles. The Morgan fingerprint density at radius 2 is 2.00 bits per heavy atom. The minimum Gasteiger partial charge on any atom is -0.299 e. The van der Waals surface area contributed by atoms with Crippen molar-refractivity contribution in [2.75, 3.05) is 0 Å². The van der Waals surface area contributed by atoms with Gasteiger partial charge in [0.25, 0.3) is 0 Å². The van der Waals surface area contributed by atoms with Gasteiger partial charge in [-0.05, 0) is 55.3 Å². The summed E-state index contributed by atoms with van der Waals surface area (Å²) in [6.07, 6.45) is 5.35. The largest absolute Gasteiger partial charge is 0.299 e. The number of ketones is 1. The lowest BCUT2D eigenvalue weighted by molar-refractivity contribution is -0.456. The fourth-order valence-electron chi connectivity index (χ4n) is 6.32. The summed E-state index contributed by atoms with van der Waals surface area (Å²) in [5, 5.41) is 0. The molecule has 0 aliphatic heterocycles. The lowest BCUT2D eigenvalue weighted by Crippen LogP contribution is -2.91. The Kier molecular flexibility index (Phi) is 0.764. The third-order valence-corrected chi connectivity index (χ3v) is 6.31. The number of rotatable bonds is 1. The maximum atomic E-state index is 11.7. The number of hydrogen-bond acceptors (Lipinski definition) is 1. The van der Waals surface area contributed by atoms with Crippen LogP contribution >= 0.6 is 0 Å². The molecule has 1 nitrogen and oxygen atoms in total. The summed E-state index contributed by atoms with van der Waals surface area (Å²) in [5.74, 6) is 2.41. The maximum absolute atomic E-state index is 11.7. The van der Waals surface area contributed by atoms with E-state index in [1.807, 2.05) is 6.92 Å². The van der Waals surface area contributed by atoms with E-state index in [0.717, 1.165) is 11.8 Å². The second kappa shape index (κ2) is 1.41. The molecule has 0 heterocycles. The monoisotopic (exact) mass is 176 g/mol. The first-order valence-corrected chi connectivity index (χ1v) is 5.58. The van der Waals surface area contributed by atoms with Crippen LogP contribution in [0.3, 0.4) is 0 Å². The van der Waals surface area contributed by atoms with Gasteiger partial charge < -0.3 is 0 Å². The zero-order valence-corrected chi connectivity index (χ0v) is 8.39. The fraction of sp³-hybridized carbons (Fsp3) is 0.917. The third-order valence-electron chi connectivity index (χ3n) is 6.31. The van der Waals surface area contributed by atoms with E-state index >= 15 is 0 Å². The van der Waals surface area contributed by atoms with Crippen LogP contribution in [0.15, 0.2) is 0 Å². The van der Waals surface area contributed by atoms with Crippen LogP contribution in [0, 0.1) is 28.1 Å². The van der Waals surface area contributed by atoms with E-state index in [4.69, 9.17) is 0 Å². The van der Waals surface area contributed by atoms with Gasteiger partial charge in [-0.15, -0.1) is 0 Å². The van der Waals surface area contributed by atoms with Crippen molar-refractivity contribution in [3.05, 3.63) is 0 Å². The zero-order valence-electron chi connectivity index (χ0n) is 8.39. The molecule has 1 spiro atoms. The van der Waals surface area contributed by atoms with Crippen molar-refractivity contribution < 1.29 is 4.79 Å². The van der Waals surface area contributed by atoms with Crippen molar-refractivity contribution in [2.45, 2.75) is 39.5 Å². The number of hydrogen-bond donors (Lipinski definition) is 0. The van der Waals surface area contributed by atoms with Gasteiger partial charge in [-0.2, -0.15) is 0 Å². The summed E-state index contributed by atoms with van der Waals surface area (Å²) in [4.78, 5) is 11.7. The third kappa shape index (κ3) is 0.352. The van der Waals surface area contributed by atoms with Crippen LogP contribution < -0.4 is 0 Å². The molecule has 0 aromatic carbocycles. The van der Waals surface area contributed by atoms with Gasteiger partial charge in [0.05, 0.1) is 0 Å². The quantitative estimate of drug-likeness (QED) is 0.599. The van der Waals surface area contributed by atoms with Gasteiger partial charge in [0.15, 0.2) is 0 Å². The molecule has 4 fully saturated rings. The van der Waals surface area contributed by atoms with Crippen molar-refractivity contribution in [3.63, 3.8) is 0 Å². The van der Waals surface area contributed by atoms with Gasteiger partial charge in [0, 0.05) is 5.41 Å². The Hall–Kier alpha value is -0.330. The second-order valence-electron chi connectivity index (χ2n) is 6.28. The number of carbonyl (C=O) groups is 1. The summed E-state index contributed by atoms with van der Waals surface area (Å²) < 4.78 is 0. The summed E-state index contributed by atoms with van der Waals surface area (Å²) in [6, 6.07) is 0. The van der Waals surface area contributed by atoms with E-state index in [1.54, 1.807) is 0 Å². The highest BCUT2D eigenvalue weighted by molar-refractivity contribution is 5.88. The molecule has 0 radical (unpaired) electrons. The van der Waals surface area contributed by atoms with Gasteiger partial charge >= 0.3 is 0 Å². The number of carbonyl (C=O) groups excluding carboxylic acids is 1. The first-order valence-electron chi connectivity index (χ1n) is 5.58. The molecule has 4 aliphatic rings. The van der Waals surface area contributed by atoms with Crippen LogP contribution in [0.4, 0.5) is 0 Å². The summed E-state index contributed by atoms with van der Waals surface area (Å²) >= 11 is 0. The van der Waals surface area contributed by atoms with Crippen LogP contribution in [0.2, 0.25) is 0 Å². The Balaban J connectivity index is 1.85. The lowest BCUT2D eigenvalue weighted by Gasteiger charge is -2.95. The van der Waals surface area contributed by atoms with Gasteiger partial charge in [-0.25, -0.2) is 0 Å². The van der Waals surface area contributed by atoms with Gasteiger partial charge in [0.2, 0.25) is 0 Å². The Labute approximate surface area is 78.9 Å². The van der Waals surface area contributed by atoms with E-state index in [9.17, 15) is 4.79 Å². The van der Waals surface area contributed by atoms with Crippen molar-refractivity contribution in [3.8, 4) is 0 Å². The molecule has 4 rings (SSSR count). The highest BCUT2D eigenvalue weighted by atomic mass is 16.1. The lowest BCUT2D eigenvalue weighted by atomic mass is 9.08. The SMILES string of the molecule is CC(=O)[C@]12CC3CC4CC(C)(C1)C432. The molecule has 0 aromatic heterocycles. The van der Waals surface area contributed by atoms with Crippen LogP contribution in [-0.2, 0) is 4.79 Å². The highest BCUT2D eigenvalue weighted by Crippen LogP contribution is 2.97. The fourth-order valence-corrected chi connectivity index (χ4v) is 6.32. The average molecular weight is 176 g/mol. The zero-order chi connectivity index (χ0) is 9.06. The predicted molar refractivity (Wildman–Crippen MR) is 49.1 cm³/mol. The minimum atomic E-state index is 0.202. The molecule has 13 heavy (non-hydrogen) atoms. The predicted octanol–water partition coefficient (Wildman–Crippen LogP) is 2.40. The number of Topliss-reactive ketones (excluding diaryl/α,β-unsaturated/α-hetero) is 1. The Bertz CT molecular complexity index is 341. The molecule has 0 bridgehead atoms. The van der Waals surface area contributed by atoms with Crippen molar-refractivity contribution in [1.82, 2.24) is 0 Å². The Morgan fingerprint density at radius 1 is 1.31 bits per heavy atom. The molecule has 0 aromatic rings. The minimum absolute atomic E-state index is 0.202. The molecular formula is C12H16O. The standard InChI is InChI=1S/C12H16O/c1-7(13)11-5-9-3-8-4-10(2,6-11)12(8,9)11/h8-9H,3-6H2,1-2H3/t8?,9?,10?,11-,12?/m0/s1. The molecular weight excluding hydrogens is 160 g/mol. The molecule has 0 amide bonds. The maximum Gasteiger partial charge on any atom is 0.136 e. The summed E-state index contributed by atoms with van der Waals surface area (Å²) in [6.45, 7) is 4.26. The van der Waals surface area contributed by atoms with Gasteiger partial charge in [0.1, 0.15) is 5.78 Å². The van der Waals surface area contributed by atoms with E-state index < -0.39 is 0 Å². The van der Waals surface area contributed by atoms with Crippen LogP contribution in [0.5, 0.6) is 0 Å². The van der Waals surface area contributed by atoms with E-state index in [-0.39, 0.29) is 5.41 Å². The summed E-state index contributed by atoms with van der Waals surface area (Å²) in [7, 11) is 0.